The van der Waals surface area contributed by atoms with Crippen LogP contribution in [0, 0.1) is 10.8 Å². The van der Waals surface area contributed by atoms with Gasteiger partial charge in [0.05, 0.1) is 12.7 Å². The zero-order chi connectivity index (χ0) is 16.5. The molecule has 0 amide bonds. The molecule has 1 aliphatic carbocycles. The van der Waals surface area contributed by atoms with Crippen LogP contribution in [0.2, 0.25) is 0 Å². The van der Waals surface area contributed by atoms with E-state index in [1.54, 1.807) is 10.9 Å². The van der Waals surface area contributed by atoms with E-state index in [1.165, 1.54) is 0 Å². The lowest BCUT2D eigenvalue weighted by Crippen LogP contribution is -2.41. The molecule has 1 aromatic heterocycles. The van der Waals surface area contributed by atoms with Crippen molar-refractivity contribution in [1.82, 2.24) is 20.4 Å². The predicted molar refractivity (Wildman–Crippen MR) is 88.6 cm³/mol. The third-order valence-electron chi connectivity index (χ3n) is 5.18. The van der Waals surface area contributed by atoms with Crippen molar-refractivity contribution in [1.29, 1.82) is 0 Å². The first-order valence-corrected chi connectivity index (χ1v) is 7.91. The first-order chi connectivity index (χ1) is 10.2. The Balaban J connectivity index is 1.99. The Labute approximate surface area is 133 Å². The number of nitrogens with one attached hydrogen (secondary N) is 2. The maximum absolute atomic E-state index is 10.2. The number of aliphatic imine (C=N–C) groups is 1. The van der Waals surface area contributed by atoms with Gasteiger partial charge in [0.1, 0.15) is 6.10 Å². The number of aliphatic hydroxyl groups is 1. The van der Waals surface area contributed by atoms with Crippen molar-refractivity contribution in [3.05, 3.63) is 18.0 Å². The smallest absolute Gasteiger partial charge is 0.191 e. The van der Waals surface area contributed by atoms with Gasteiger partial charge in [0.15, 0.2) is 5.96 Å². The lowest BCUT2D eigenvalue weighted by Gasteiger charge is -2.14. The Bertz CT molecular complexity index is 532. The first kappa shape index (κ1) is 16.8. The molecular formula is C16H29N5O. The van der Waals surface area contributed by atoms with Crippen LogP contribution in [0.15, 0.2) is 17.4 Å². The lowest BCUT2D eigenvalue weighted by atomic mass is 10.0. The van der Waals surface area contributed by atoms with E-state index in [1.807, 2.05) is 20.2 Å². The molecule has 0 radical (unpaired) electrons. The van der Waals surface area contributed by atoms with E-state index >= 15 is 0 Å². The van der Waals surface area contributed by atoms with Crippen molar-refractivity contribution < 1.29 is 5.11 Å². The summed E-state index contributed by atoms with van der Waals surface area (Å²) in [5, 5.41) is 21.0. The summed E-state index contributed by atoms with van der Waals surface area (Å²) in [6.45, 7) is 12.2. The molecule has 3 N–H and O–H groups in total. The number of aryl methyl sites for hydroxylation is 1. The molecule has 1 aliphatic rings. The number of hydrogen-bond acceptors (Lipinski definition) is 3. The van der Waals surface area contributed by atoms with E-state index in [0.29, 0.717) is 12.6 Å². The molecule has 1 heterocycles. The molecule has 0 aliphatic heterocycles. The summed E-state index contributed by atoms with van der Waals surface area (Å²) in [6, 6.07) is 0.383. The summed E-state index contributed by atoms with van der Waals surface area (Å²) >= 11 is 0. The molecule has 0 aromatic carbocycles. The summed E-state index contributed by atoms with van der Waals surface area (Å²) in [4.78, 5) is 4.52. The van der Waals surface area contributed by atoms with Crippen LogP contribution in [0.5, 0.6) is 0 Å². The van der Waals surface area contributed by atoms with Crippen LogP contribution >= 0.6 is 0 Å². The monoisotopic (exact) mass is 307 g/mol. The Kier molecular flexibility index (Phi) is 4.52. The number of rotatable bonds is 5. The SMILES string of the molecule is CCNC(=NCC(O)c1cnn(C)c1)NC1C(C)(C)C1(C)C. The summed E-state index contributed by atoms with van der Waals surface area (Å²) < 4.78 is 1.68. The summed E-state index contributed by atoms with van der Waals surface area (Å²) in [7, 11) is 1.84. The van der Waals surface area contributed by atoms with Crippen LogP contribution < -0.4 is 10.6 Å². The van der Waals surface area contributed by atoms with Gasteiger partial charge in [-0.05, 0) is 17.8 Å². The average Bonchev–Trinajstić information content (AvgIpc) is 2.78. The van der Waals surface area contributed by atoms with E-state index in [4.69, 9.17) is 0 Å². The van der Waals surface area contributed by atoms with Gasteiger partial charge in [0.25, 0.3) is 0 Å². The number of hydrogen-bond donors (Lipinski definition) is 3. The van der Waals surface area contributed by atoms with Crippen molar-refractivity contribution in [2.24, 2.45) is 22.9 Å². The maximum atomic E-state index is 10.2. The summed E-state index contributed by atoms with van der Waals surface area (Å²) in [5.74, 6) is 0.758. The average molecular weight is 307 g/mol. The minimum absolute atomic E-state index is 0.241. The van der Waals surface area contributed by atoms with Crippen molar-refractivity contribution in [2.45, 2.75) is 46.8 Å². The van der Waals surface area contributed by atoms with Crippen LogP contribution in [0.1, 0.15) is 46.3 Å². The van der Waals surface area contributed by atoms with E-state index in [-0.39, 0.29) is 10.8 Å². The predicted octanol–water partition coefficient (Wildman–Crippen LogP) is 1.44. The van der Waals surface area contributed by atoms with Gasteiger partial charge in [-0.1, -0.05) is 27.7 Å². The Morgan fingerprint density at radius 3 is 2.50 bits per heavy atom. The highest BCUT2D eigenvalue weighted by Crippen LogP contribution is 2.62. The number of nitrogens with zero attached hydrogens (tertiary/aromatic N) is 3. The summed E-state index contributed by atoms with van der Waals surface area (Å²) in [6.07, 6.45) is 2.85. The Hall–Kier alpha value is -1.56. The summed E-state index contributed by atoms with van der Waals surface area (Å²) in [5.41, 5.74) is 1.27. The van der Waals surface area contributed by atoms with Crippen LogP contribution in [0.4, 0.5) is 0 Å². The highest BCUT2D eigenvalue weighted by atomic mass is 16.3. The minimum Gasteiger partial charge on any atom is -0.386 e. The van der Waals surface area contributed by atoms with Gasteiger partial charge in [-0.2, -0.15) is 5.10 Å². The third-order valence-corrected chi connectivity index (χ3v) is 5.18. The third kappa shape index (κ3) is 3.11. The second-order valence-electron chi connectivity index (χ2n) is 7.20. The second-order valence-corrected chi connectivity index (χ2v) is 7.20. The molecule has 1 fully saturated rings. The Morgan fingerprint density at radius 1 is 1.41 bits per heavy atom. The van der Waals surface area contributed by atoms with Crippen LogP contribution in [0.25, 0.3) is 0 Å². The molecule has 22 heavy (non-hydrogen) atoms. The molecule has 1 unspecified atom stereocenters. The molecule has 124 valence electrons. The van der Waals surface area contributed by atoms with Gasteiger partial charge < -0.3 is 15.7 Å². The Morgan fingerprint density at radius 2 is 2.05 bits per heavy atom. The maximum Gasteiger partial charge on any atom is 0.191 e. The second kappa shape index (κ2) is 5.91. The van der Waals surface area contributed by atoms with Crippen molar-refractivity contribution in [3.63, 3.8) is 0 Å². The minimum atomic E-state index is -0.635. The molecule has 1 atom stereocenters. The van der Waals surface area contributed by atoms with Crippen LogP contribution in [-0.4, -0.2) is 40.0 Å². The molecule has 2 rings (SSSR count). The fourth-order valence-electron chi connectivity index (χ4n) is 2.91. The fraction of sp³-hybridized carbons (Fsp3) is 0.750. The molecule has 0 saturated heterocycles. The quantitative estimate of drug-likeness (QED) is 0.568. The van der Waals surface area contributed by atoms with Gasteiger partial charge in [-0.15, -0.1) is 0 Å². The molecule has 0 bridgehead atoms. The lowest BCUT2D eigenvalue weighted by molar-refractivity contribution is 0.187. The van der Waals surface area contributed by atoms with Crippen LogP contribution in [-0.2, 0) is 7.05 Å². The van der Waals surface area contributed by atoms with E-state index in [0.717, 1.165) is 18.1 Å². The zero-order valence-electron chi connectivity index (χ0n) is 14.5. The zero-order valence-corrected chi connectivity index (χ0v) is 14.5. The molecule has 1 saturated carbocycles. The molecular weight excluding hydrogens is 278 g/mol. The van der Waals surface area contributed by atoms with Crippen molar-refractivity contribution in [3.8, 4) is 0 Å². The van der Waals surface area contributed by atoms with Crippen LogP contribution in [0.3, 0.4) is 0 Å². The van der Waals surface area contributed by atoms with Crippen molar-refractivity contribution in [2.75, 3.05) is 13.1 Å². The normalized spacial score (nSPS) is 21.5. The number of aromatic nitrogens is 2. The van der Waals surface area contributed by atoms with Gasteiger partial charge >= 0.3 is 0 Å². The highest BCUT2D eigenvalue weighted by Gasteiger charge is 2.65. The molecule has 6 heteroatoms. The van der Waals surface area contributed by atoms with Gasteiger partial charge in [-0.3, -0.25) is 9.67 Å². The van der Waals surface area contributed by atoms with Gasteiger partial charge in [0, 0.05) is 31.4 Å². The highest BCUT2D eigenvalue weighted by molar-refractivity contribution is 5.80. The van der Waals surface area contributed by atoms with Gasteiger partial charge in [0.2, 0.25) is 0 Å². The van der Waals surface area contributed by atoms with E-state index in [9.17, 15) is 5.11 Å². The van der Waals surface area contributed by atoms with E-state index < -0.39 is 6.10 Å². The molecule has 6 nitrogen and oxygen atoms in total. The molecule has 0 spiro atoms. The van der Waals surface area contributed by atoms with Crippen molar-refractivity contribution >= 4 is 5.96 Å². The fourth-order valence-corrected chi connectivity index (χ4v) is 2.91. The topological polar surface area (TPSA) is 74.5 Å². The standard InChI is InChI=1S/C16H29N5O/c1-7-17-14(20-13-15(2,3)16(13,4)5)18-9-12(22)11-8-19-21(6)10-11/h8,10,12-13,22H,7,9H2,1-6H3,(H2,17,18,20). The van der Waals surface area contributed by atoms with E-state index in [2.05, 4.69) is 48.4 Å². The molecule has 1 aromatic rings. The first-order valence-electron chi connectivity index (χ1n) is 7.91. The van der Waals surface area contributed by atoms with Gasteiger partial charge in [-0.25, -0.2) is 0 Å². The number of guanidine groups is 1. The number of aliphatic hydroxyl groups excluding tert-OH is 1. The largest absolute Gasteiger partial charge is 0.386 e.